The third-order valence-electron chi connectivity index (χ3n) is 4.07. The lowest BCUT2D eigenvalue weighted by atomic mass is 9.99. The van der Waals surface area contributed by atoms with Gasteiger partial charge in [0.15, 0.2) is 0 Å². The van der Waals surface area contributed by atoms with E-state index >= 15 is 0 Å². The van der Waals surface area contributed by atoms with E-state index in [0.29, 0.717) is 12.0 Å². The quantitative estimate of drug-likeness (QED) is 0.818. The van der Waals surface area contributed by atoms with Crippen molar-refractivity contribution in [1.29, 1.82) is 0 Å². The van der Waals surface area contributed by atoms with E-state index < -0.39 is 0 Å². The maximum Gasteiger partial charge on any atom is 0.138 e. The van der Waals surface area contributed by atoms with Crippen molar-refractivity contribution >= 4 is 26.9 Å². The van der Waals surface area contributed by atoms with E-state index in [4.69, 9.17) is 4.42 Å². The Hall–Kier alpha value is -0.800. The molecule has 0 spiro atoms. The van der Waals surface area contributed by atoms with Gasteiger partial charge in [0.05, 0.1) is 6.54 Å². The number of fused-ring (bicyclic) bond motifs is 1. The van der Waals surface area contributed by atoms with Crippen molar-refractivity contribution in [1.82, 2.24) is 5.32 Å². The van der Waals surface area contributed by atoms with Crippen molar-refractivity contribution in [2.45, 2.75) is 58.5 Å². The largest absolute Gasteiger partial charge is 0.459 e. The zero-order valence-electron chi connectivity index (χ0n) is 12.4. The third kappa shape index (κ3) is 2.66. The monoisotopic (exact) mass is 335 g/mol. The van der Waals surface area contributed by atoms with Crippen LogP contribution in [0.2, 0.25) is 0 Å². The molecule has 2 nitrogen and oxygen atoms in total. The molecule has 1 aliphatic rings. The van der Waals surface area contributed by atoms with Gasteiger partial charge >= 0.3 is 0 Å². The summed E-state index contributed by atoms with van der Waals surface area (Å²) in [5.41, 5.74) is 3.73. The Kier molecular flexibility index (Phi) is 3.91. The highest BCUT2D eigenvalue weighted by Gasteiger charge is 2.23. The van der Waals surface area contributed by atoms with Gasteiger partial charge in [-0.1, -0.05) is 36.7 Å². The number of rotatable bonds is 5. The maximum absolute atomic E-state index is 6.23. The first-order chi connectivity index (χ1) is 9.60. The van der Waals surface area contributed by atoms with Crippen LogP contribution in [-0.2, 0) is 13.0 Å². The van der Waals surface area contributed by atoms with E-state index in [1.165, 1.54) is 29.4 Å². The van der Waals surface area contributed by atoms with E-state index in [1.54, 1.807) is 0 Å². The molecule has 108 valence electrons. The predicted molar refractivity (Wildman–Crippen MR) is 87.2 cm³/mol. The predicted octanol–water partition coefficient (Wildman–Crippen LogP) is 5.13. The lowest BCUT2D eigenvalue weighted by Gasteiger charge is -2.07. The van der Waals surface area contributed by atoms with Crippen LogP contribution >= 0.6 is 15.9 Å². The number of hydrogen-bond acceptors (Lipinski definition) is 2. The summed E-state index contributed by atoms with van der Waals surface area (Å²) in [5, 5.41) is 4.84. The molecule has 1 aromatic heterocycles. The second kappa shape index (κ2) is 5.53. The highest BCUT2D eigenvalue weighted by Crippen LogP contribution is 2.35. The summed E-state index contributed by atoms with van der Waals surface area (Å²) >= 11 is 3.64. The molecule has 1 heterocycles. The SMILES string of the molecule is CCc1c(CNC2CC2)oc2c(C(C)C)cc(Br)cc12. The van der Waals surface area contributed by atoms with Gasteiger partial charge in [0.25, 0.3) is 0 Å². The van der Waals surface area contributed by atoms with Crippen LogP contribution in [0.1, 0.15) is 56.4 Å². The molecule has 20 heavy (non-hydrogen) atoms. The van der Waals surface area contributed by atoms with E-state index in [1.807, 2.05) is 0 Å². The fraction of sp³-hybridized carbons (Fsp3) is 0.529. The zero-order valence-corrected chi connectivity index (χ0v) is 14.0. The topological polar surface area (TPSA) is 25.2 Å². The van der Waals surface area contributed by atoms with E-state index in [9.17, 15) is 0 Å². The summed E-state index contributed by atoms with van der Waals surface area (Å²) in [4.78, 5) is 0. The highest BCUT2D eigenvalue weighted by molar-refractivity contribution is 9.10. The number of benzene rings is 1. The smallest absolute Gasteiger partial charge is 0.138 e. The first kappa shape index (κ1) is 14.2. The molecule has 0 amide bonds. The number of furan rings is 1. The van der Waals surface area contributed by atoms with Gasteiger partial charge in [0, 0.05) is 21.5 Å². The fourth-order valence-electron chi connectivity index (χ4n) is 2.77. The van der Waals surface area contributed by atoms with Crippen molar-refractivity contribution in [2.24, 2.45) is 0 Å². The summed E-state index contributed by atoms with van der Waals surface area (Å²) in [7, 11) is 0. The van der Waals surface area contributed by atoms with Crippen LogP contribution in [0.3, 0.4) is 0 Å². The minimum absolute atomic E-state index is 0.468. The van der Waals surface area contributed by atoms with E-state index in [0.717, 1.165) is 28.8 Å². The van der Waals surface area contributed by atoms with Crippen LogP contribution in [0, 0.1) is 0 Å². The molecule has 0 atom stereocenters. The van der Waals surface area contributed by atoms with Crippen molar-refractivity contribution in [3.63, 3.8) is 0 Å². The van der Waals surface area contributed by atoms with Crippen LogP contribution in [0.15, 0.2) is 21.0 Å². The van der Waals surface area contributed by atoms with Gasteiger partial charge in [-0.3, -0.25) is 0 Å². The van der Waals surface area contributed by atoms with Gasteiger partial charge in [-0.05, 0) is 42.9 Å². The van der Waals surface area contributed by atoms with Crippen molar-refractivity contribution in [3.05, 3.63) is 33.5 Å². The van der Waals surface area contributed by atoms with Gasteiger partial charge in [-0.2, -0.15) is 0 Å². The highest BCUT2D eigenvalue weighted by atomic mass is 79.9. The Bertz CT molecular complexity index is 625. The molecule has 1 N–H and O–H groups in total. The maximum atomic E-state index is 6.23. The lowest BCUT2D eigenvalue weighted by molar-refractivity contribution is 0.503. The lowest BCUT2D eigenvalue weighted by Crippen LogP contribution is -2.15. The molecule has 1 fully saturated rings. The first-order valence-electron chi connectivity index (χ1n) is 7.57. The van der Waals surface area contributed by atoms with Crippen molar-refractivity contribution in [2.75, 3.05) is 0 Å². The number of aryl methyl sites for hydroxylation is 1. The van der Waals surface area contributed by atoms with Crippen molar-refractivity contribution < 1.29 is 4.42 Å². The van der Waals surface area contributed by atoms with Crippen molar-refractivity contribution in [3.8, 4) is 0 Å². The molecule has 3 heteroatoms. The summed E-state index contributed by atoms with van der Waals surface area (Å²) in [6.45, 7) is 7.51. The summed E-state index contributed by atoms with van der Waals surface area (Å²) in [6.07, 6.45) is 3.64. The molecule has 0 saturated heterocycles. The Morgan fingerprint density at radius 3 is 2.70 bits per heavy atom. The van der Waals surface area contributed by atoms with Gasteiger partial charge in [0.2, 0.25) is 0 Å². The molecule has 0 bridgehead atoms. The standard InChI is InChI=1S/C17H22BrNO/c1-4-13-15-8-11(18)7-14(10(2)3)17(15)20-16(13)9-19-12-5-6-12/h7-8,10,12,19H,4-6,9H2,1-3H3. The minimum Gasteiger partial charge on any atom is -0.459 e. The third-order valence-corrected chi connectivity index (χ3v) is 4.53. The van der Waals surface area contributed by atoms with Gasteiger partial charge in [0.1, 0.15) is 11.3 Å². The molecular weight excluding hydrogens is 314 g/mol. The molecule has 3 rings (SSSR count). The second-order valence-electron chi connectivity index (χ2n) is 6.04. The second-order valence-corrected chi connectivity index (χ2v) is 6.95. The average molecular weight is 336 g/mol. The van der Waals surface area contributed by atoms with Crippen LogP contribution in [-0.4, -0.2) is 6.04 Å². The normalized spacial score (nSPS) is 15.4. The fourth-order valence-corrected chi connectivity index (χ4v) is 3.25. The average Bonchev–Trinajstić information content (AvgIpc) is 3.16. The Labute approximate surface area is 129 Å². The molecule has 2 aromatic rings. The van der Waals surface area contributed by atoms with Gasteiger partial charge in [-0.15, -0.1) is 0 Å². The molecule has 0 aliphatic heterocycles. The van der Waals surface area contributed by atoms with Crippen LogP contribution in [0.4, 0.5) is 0 Å². The van der Waals surface area contributed by atoms with Crippen LogP contribution < -0.4 is 5.32 Å². The summed E-state index contributed by atoms with van der Waals surface area (Å²) in [6, 6.07) is 5.10. The molecule has 0 radical (unpaired) electrons. The Morgan fingerprint density at radius 1 is 1.35 bits per heavy atom. The Balaban J connectivity index is 2.08. The molecule has 1 saturated carbocycles. The minimum atomic E-state index is 0.468. The summed E-state index contributed by atoms with van der Waals surface area (Å²) < 4.78 is 7.38. The Morgan fingerprint density at radius 2 is 2.10 bits per heavy atom. The molecular formula is C17H22BrNO. The molecule has 1 aliphatic carbocycles. The number of halogens is 1. The first-order valence-corrected chi connectivity index (χ1v) is 8.36. The summed E-state index contributed by atoms with van der Waals surface area (Å²) in [5.74, 6) is 1.59. The van der Waals surface area contributed by atoms with E-state index in [2.05, 4.69) is 54.2 Å². The number of hydrogen-bond donors (Lipinski definition) is 1. The van der Waals surface area contributed by atoms with E-state index in [-0.39, 0.29) is 0 Å². The zero-order chi connectivity index (χ0) is 14.3. The molecule has 1 aromatic carbocycles. The molecule has 0 unspecified atom stereocenters. The number of nitrogens with one attached hydrogen (secondary N) is 1. The van der Waals surface area contributed by atoms with Crippen LogP contribution in [0.5, 0.6) is 0 Å². The van der Waals surface area contributed by atoms with Crippen LogP contribution in [0.25, 0.3) is 11.0 Å². The van der Waals surface area contributed by atoms with Gasteiger partial charge in [-0.25, -0.2) is 0 Å². The van der Waals surface area contributed by atoms with Gasteiger partial charge < -0.3 is 9.73 Å².